The van der Waals surface area contributed by atoms with E-state index >= 15 is 0 Å². The molecule has 0 heterocycles. The normalized spacial score (nSPS) is 11.5. The summed E-state index contributed by atoms with van der Waals surface area (Å²) in [6.45, 7) is 0. The van der Waals surface area contributed by atoms with Crippen LogP contribution in [0.5, 0.6) is 5.75 Å². The van der Waals surface area contributed by atoms with Gasteiger partial charge in [0.15, 0.2) is 0 Å². The number of alkyl halides is 3. The first-order valence-electron chi connectivity index (χ1n) is 5.45. The molecular weight excluding hydrogens is 357 g/mol. The molecular formula is C14H8BrClF3O. The summed E-state index contributed by atoms with van der Waals surface area (Å²) >= 11 is 9.26. The van der Waals surface area contributed by atoms with Gasteiger partial charge in [0.2, 0.25) is 0 Å². The van der Waals surface area contributed by atoms with Crippen LogP contribution in [0.4, 0.5) is 13.2 Å². The molecule has 0 saturated heterocycles. The first kappa shape index (κ1) is 15.2. The van der Waals surface area contributed by atoms with Gasteiger partial charge in [0.25, 0.3) is 0 Å². The molecule has 0 bridgehead atoms. The second kappa shape index (κ2) is 5.66. The highest BCUT2D eigenvalue weighted by atomic mass is 79.9. The van der Waals surface area contributed by atoms with Crippen LogP contribution in [0.2, 0.25) is 5.02 Å². The lowest BCUT2D eigenvalue weighted by Crippen LogP contribution is -2.05. The number of ether oxygens (including phenoxy) is 1. The lowest BCUT2D eigenvalue weighted by molar-refractivity contribution is -0.137. The van der Waals surface area contributed by atoms with E-state index in [-0.39, 0.29) is 10.6 Å². The zero-order valence-electron chi connectivity index (χ0n) is 10.2. The molecule has 1 radical (unpaired) electrons. The molecule has 6 heteroatoms. The van der Waals surface area contributed by atoms with Gasteiger partial charge in [-0.15, -0.1) is 0 Å². The Morgan fingerprint density at radius 2 is 1.90 bits per heavy atom. The minimum Gasteiger partial charge on any atom is -0.495 e. The van der Waals surface area contributed by atoms with E-state index in [1.807, 2.05) is 0 Å². The Bertz CT molecular complexity index is 641. The molecule has 2 aromatic rings. The van der Waals surface area contributed by atoms with Crippen molar-refractivity contribution in [2.24, 2.45) is 0 Å². The van der Waals surface area contributed by atoms with Crippen molar-refractivity contribution < 1.29 is 17.9 Å². The van der Waals surface area contributed by atoms with Crippen molar-refractivity contribution in [1.29, 1.82) is 0 Å². The molecule has 0 spiro atoms. The highest BCUT2D eigenvalue weighted by molar-refractivity contribution is 9.10. The number of hydrogen-bond donors (Lipinski definition) is 0. The Morgan fingerprint density at radius 1 is 1.20 bits per heavy atom. The zero-order valence-corrected chi connectivity index (χ0v) is 12.5. The Hall–Kier alpha value is -1.20. The third-order valence-electron chi connectivity index (χ3n) is 2.66. The number of methoxy groups -OCH3 is 1. The summed E-state index contributed by atoms with van der Waals surface area (Å²) in [7, 11) is 1.42. The molecule has 0 aliphatic carbocycles. The third-order valence-corrected chi connectivity index (χ3v) is 3.44. The van der Waals surface area contributed by atoms with Crippen molar-refractivity contribution in [3.8, 4) is 16.9 Å². The number of benzene rings is 2. The van der Waals surface area contributed by atoms with Gasteiger partial charge in [0, 0.05) is 26.7 Å². The van der Waals surface area contributed by atoms with Crippen molar-refractivity contribution in [2.45, 2.75) is 6.18 Å². The summed E-state index contributed by atoms with van der Waals surface area (Å²) in [5.41, 5.74) is -0.0761. The topological polar surface area (TPSA) is 9.23 Å². The largest absolute Gasteiger partial charge is 0.495 e. The van der Waals surface area contributed by atoms with E-state index in [1.165, 1.54) is 13.2 Å². The van der Waals surface area contributed by atoms with Crippen LogP contribution in [0.1, 0.15) is 5.56 Å². The van der Waals surface area contributed by atoms with Crippen LogP contribution in [0, 0.1) is 6.07 Å². The summed E-state index contributed by atoms with van der Waals surface area (Å²) < 4.78 is 44.1. The standard InChI is InChI=1S/C14H8BrClF3O/c1-20-13-5-3-9(15)7-11(13)10-6-8(14(17,18)19)2-4-12(10)16/h2-4,6-7H,1H3. The fourth-order valence-electron chi connectivity index (χ4n) is 1.73. The van der Waals surface area contributed by atoms with Crippen LogP contribution in [0.15, 0.2) is 34.8 Å². The summed E-state index contributed by atoms with van der Waals surface area (Å²) in [6, 6.07) is 9.25. The van der Waals surface area contributed by atoms with Crippen LogP contribution in [-0.4, -0.2) is 7.11 Å². The number of halogens is 5. The maximum Gasteiger partial charge on any atom is 0.416 e. The van der Waals surface area contributed by atoms with Gasteiger partial charge in [0.05, 0.1) is 12.7 Å². The van der Waals surface area contributed by atoms with Crippen LogP contribution in [0.3, 0.4) is 0 Å². The minimum atomic E-state index is -4.43. The first-order valence-corrected chi connectivity index (χ1v) is 6.62. The van der Waals surface area contributed by atoms with Crippen molar-refractivity contribution in [2.75, 3.05) is 7.11 Å². The van der Waals surface area contributed by atoms with E-state index in [4.69, 9.17) is 16.3 Å². The molecule has 2 aromatic carbocycles. The quantitative estimate of drug-likeness (QED) is 0.674. The van der Waals surface area contributed by atoms with Gasteiger partial charge in [-0.3, -0.25) is 0 Å². The van der Waals surface area contributed by atoms with E-state index in [0.29, 0.717) is 15.8 Å². The van der Waals surface area contributed by atoms with Gasteiger partial charge in [-0.2, -0.15) is 13.2 Å². The first-order chi connectivity index (χ1) is 9.32. The maximum atomic E-state index is 12.8. The summed E-state index contributed by atoms with van der Waals surface area (Å²) in [6.07, 6.45) is -4.43. The molecule has 1 nitrogen and oxygen atoms in total. The minimum absolute atomic E-state index is 0.211. The van der Waals surface area contributed by atoms with Crippen molar-refractivity contribution in [3.05, 3.63) is 51.5 Å². The second-order valence-corrected chi connectivity index (χ2v) is 5.28. The van der Waals surface area contributed by atoms with Gasteiger partial charge < -0.3 is 4.74 Å². The number of hydrogen-bond acceptors (Lipinski definition) is 1. The highest BCUT2D eigenvalue weighted by Crippen LogP contribution is 2.40. The number of rotatable bonds is 2. The lowest BCUT2D eigenvalue weighted by atomic mass is 10.0. The average molecular weight is 365 g/mol. The molecule has 105 valence electrons. The highest BCUT2D eigenvalue weighted by Gasteiger charge is 2.31. The molecule has 0 aliphatic heterocycles. The fraction of sp³-hybridized carbons (Fsp3) is 0.143. The van der Waals surface area contributed by atoms with Crippen molar-refractivity contribution in [1.82, 2.24) is 0 Å². The van der Waals surface area contributed by atoms with Gasteiger partial charge in [-0.05, 0) is 30.3 Å². The van der Waals surface area contributed by atoms with E-state index in [1.54, 1.807) is 12.1 Å². The van der Waals surface area contributed by atoms with E-state index in [9.17, 15) is 13.2 Å². The Kier molecular flexibility index (Phi) is 4.30. The fourth-order valence-corrected chi connectivity index (χ4v) is 2.30. The Balaban J connectivity index is 2.66. The molecule has 0 aromatic heterocycles. The monoisotopic (exact) mass is 363 g/mol. The van der Waals surface area contributed by atoms with Crippen LogP contribution < -0.4 is 4.74 Å². The van der Waals surface area contributed by atoms with Crippen LogP contribution in [-0.2, 0) is 6.18 Å². The summed E-state index contributed by atoms with van der Waals surface area (Å²) in [5.74, 6) is 0.328. The molecule has 0 unspecified atom stereocenters. The Labute approximate surface area is 127 Å². The van der Waals surface area contributed by atoms with Crippen LogP contribution in [0.25, 0.3) is 11.1 Å². The predicted molar refractivity (Wildman–Crippen MR) is 75.0 cm³/mol. The SMILES string of the molecule is COc1[c]cc(Br)cc1-c1cc(C(F)(F)F)ccc1Cl. The zero-order chi connectivity index (χ0) is 14.9. The molecule has 0 fully saturated rings. The summed E-state index contributed by atoms with van der Waals surface area (Å²) in [4.78, 5) is 0. The second-order valence-electron chi connectivity index (χ2n) is 3.96. The molecule has 0 N–H and O–H groups in total. The van der Waals surface area contributed by atoms with E-state index in [2.05, 4.69) is 22.0 Å². The lowest BCUT2D eigenvalue weighted by Gasteiger charge is -2.13. The van der Waals surface area contributed by atoms with Gasteiger partial charge in [-0.25, -0.2) is 0 Å². The predicted octanol–water partition coefficient (Wildman–Crippen LogP) is 5.60. The van der Waals surface area contributed by atoms with Crippen molar-refractivity contribution in [3.63, 3.8) is 0 Å². The average Bonchev–Trinajstić information content (AvgIpc) is 2.38. The van der Waals surface area contributed by atoms with Crippen molar-refractivity contribution >= 4 is 27.5 Å². The molecule has 0 aliphatic rings. The third kappa shape index (κ3) is 3.10. The van der Waals surface area contributed by atoms with Crippen LogP contribution >= 0.6 is 27.5 Å². The smallest absolute Gasteiger partial charge is 0.416 e. The molecule has 0 atom stereocenters. The van der Waals surface area contributed by atoms with Gasteiger partial charge in [-0.1, -0.05) is 27.5 Å². The van der Waals surface area contributed by atoms with Gasteiger partial charge in [0.1, 0.15) is 5.75 Å². The van der Waals surface area contributed by atoms with E-state index in [0.717, 1.165) is 12.1 Å². The molecule has 20 heavy (non-hydrogen) atoms. The summed E-state index contributed by atoms with van der Waals surface area (Å²) in [5, 5.41) is 0.211. The molecule has 2 rings (SSSR count). The Morgan fingerprint density at radius 3 is 2.50 bits per heavy atom. The van der Waals surface area contributed by atoms with E-state index < -0.39 is 11.7 Å². The molecule has 0 amide bonds. The van der Waals surface area contributed by atoms with Gasteiger partial charge >= 0.3 is 6.18 Å². The molecule has 0 saturated carbocycles. The maximum absolute atomic E-state index is 12.8.